The van der Waals surface area contributed by atoms with Crippen LogP contribution < -0.4 is 0 Å². The zero-order valence-electron chi connectivity index (χ0n) is 9.07. The van der Waals surface area contributed by atoms with Crippen molar-refractivity contribution >= 4 is 0 Å². The molecule has 0 amide bonds. The van der Waals surface area contributed by atoms with Gasteiger partial charge in [-0.3, -0.25) is 10.1 Å². The summed E-state index contributed by atoms with van der Waals surface area (Å²) in [7, 11) is 0. The molecule has 0 aromatic heterocycles. The summed E-state index contributed by atoms with van der Waals surface area (Å²) in [6.45, 7) is 1.24. The molecule has 2 rings (SSSR count). The van der Waals surface area contributed by atoms with Gasteiger partial charge in [-0.25, -0.2) is 13.7 Å². The lowest BCUT2D eigenvalue weighted by Crippen LogP contribution is -2.57. The minimum absolute atomic E-state index is 0.290. The second kappa shape index (κ2) is 4.50. The van der Waals surface area contributed by atoms with E-state index in [2.05, 4.69) is 0 Å². The zero-order chi connectivity index (χ0) is 12.5. The number of halogens is 2. The molecule has 0 spiro atoms. The third-order valence-electron chi connectivity index (χ3n) is 2.97. The van der Waals surface area contributed by atoms with Crippen LogP contribution >= 0.6 is 0 Å². The minimum atomic E-state index is -1.81. The Morgan fingerprint density at radius 3 is 2.59 bits per heavy atom. The third kappa shape index (κ3) is 2.20. The molecule has 7 heteroatoms. The van der Waals surface area contributed by atoms with Crippen LogP contribution in [-0.2, 0) is 4.74 Å². The highest BCUT2D eigenvalue weighted by atomic mass is 19.1. The molecule has 1 atom stereocenters. The summed E-state index contributed by atoms with van der Waals surface area (Å²) in [6.07, 6.45) is 1.12. The molecular weight excluding hydrogens is 234 g/mol. The van der Waals surface area contributed by atoms with Crippen LogP contribution in [0.25, 0.3) is 0 Å². The van der Waals surface area contributed by atoms with Crippen molar-refractivity contribution in [1.29, 1.82) is 0 Å². The van der Waals surface area contributed by atoms with E-state index in [0.717, 1.165) is 6.08 Å². The Morgan fingerprint density at radius 2 is 2.06 bits per heavy atom. The van der Waals surface area contributed by atoms with Crippen molar-refractivity contribution in [1.82, 2.24) is 4.90 Å². The van der Waals surface area contributed by atoms with Gasteiger partial charge in [0.15, 0.2) is 0 Å². The first-order valence-electron chi connectivity index (χ1n) is 5.26. The molecular formula is C10H12F2N2O3. The maximum absolute atomic E-state index is 13.3. The quantitative estimate of drug-likeness (QED) is 0.546. The number of allylic oxidation sites excluding steroid dienone is 2. The predicted molar refractivity (Wildman–Crippen MR) is 55.1 cm³/mol. The highest BCUT2D eigenvalue weighted by Crippen LogP contribution is 2.34. The van der Waals surface area contributed by atoms with Gasteiger partial charge in [0.2, 0.25) is 0 Å². The van der Waals surface area contributed by atoms with Crippen molar-refractivity contribution < 1.29 is 18.4 Å². The number of hydrogen-bond acceptors (Lipinski definition) is 4. The Balaban J connectivity index is 2.33. The van der Waals surface area contributed by atoms with E-state index in [1.165, 1.54) is 4.90 Å². The van der Waals surface area contributed by atoms with Crippen LogP contribution in [0.15, 0.2) is 23.8 Å². The number of hydrogen-bond donors (Lipinski definition) is 0. The Hall–Kier alpha value is -1.34. The Bertz CT molecular complexity index is 391. The van der Waals surface area contributed by atoms with Crippen LogP contribution in [0.1, 0.15) is 6.42 Å². The average Bonchev–Trinajstić information content (AvgIpc) is 2.28. The van der Waals surface area contributed by atoms with Crippen LogP contribution in [-0.4, -0.2) is 41.8 Å². The van der Waals surface area contributed by atoms with Crippen LogP contribution in [0.5, 0.6) is 0 Å². The molecule has 0 saturated carbocycles. The lowest BCUT2D eigenvalue weighted by atomic mass is 9.97. The summed E-state index contributed by atoms with van der Waals surface area (Å²) in [5.74, 6) is -1.72. The molecule has 0 radical (unpaired) electrons. The van der Waals surface area contributed by atoms with Gasteiger partial charge in [0, 0.05) is 30.2 Å². The fourth-order valence-corrected chi connectivity index (χ4v) is 2.15. The summed E-state index contributed by atoms with van der Waals surface area (Å²) >= 11 is 0. The molecule has 0 aromatic carbocycles. The first-order valence-corrected chi connectivity index (χ1v) is 5.26. The molecule has 1 aliphatic heterocycles. The molecule has 0 N–H and O–H groups in total. The van der Waals surface area contributed by atoms with Gasteiger partial charge in [0.25, 0.3) is 0 Å². The van der Waals surface area contributed by atoms with E-state index in [0.29, 0.717) is 19.3 Å². The monoisotopic (exact) mass is 246 g/mol. The van der Waals surface area contributed by atoms with Crippen molar-refractivity contribution in [3.8, 4) is 0 Å². The predicted octanol–water partition coefficient (Wildman–Crippen LogP) is 1.40. The van der Waals surface area contributed by atoms with Gasteiger partial charge in [-0.2, -0.15) is 0 Å². The molecule has 1 heterocycles. The maximum atomic E-state index is 13.3. The Morgan fingerprint density at radius 1 is 1.41 bits per heavy atom. The molecule has 1 unspecified atom stereocenters. The maximum Gasteiger partial charge on any atom is 0.305 e. The van der Waals surface area contributed by atoms with Crippen molar-refractivity contribution in [2.75, 3.05) is 26.3 Å². The van der Waals surface area contributed by atoms with E-state index in [4.69, 9.17) is 4.74 Å². The molecule has 0 aromatic rings. The van der Waals surface area contributed by atoms with E-state index in [1.54, 1.807) is 0 Å². The number of nitro groups is 1. The topological polar surface area (TPSA) is 55.6 Å². The van der Waals surface area contributed by atoms with Crippen LogP contribution in [0.3, 0.4) is 0 Å². The normalized spacial score (nSPS) is 30.7. The van der Waals surface area contributed by atoms with E-state index in [1.807, 2.05) is 0 Å². The van der Waals surface area contributed by atoms with Crippen molar-refractivity contribution in [3.05, 3.63) is 33.9 Å². The smallest absolute Gasteiger partial charge is 0.305 e. The zero-order valence-corrected chi connectivity index (χ0v) is 9.07. The second-order valence-corrected chi connectivity index (χ2v) is 4.03. The van der Waals surface area contributed by atoms with E-state index in [-0.39, 0.29) is 13.1 Å². The molecule has 0 bridgehead atoms. The van der Waals surface area contributed by atoms with Crippen LogP contribution in [0, 0.1) is 10.1 Å². The lowest BCUT2D eigenvalue weighted by Gasteiger charge is -2.37. The van der Waals surface area contributed by atoms with Gasteiger partial charge < -0.3 is 4.74 Å². The summed E-state index contributed by atoms with van der Waals surface area (Å²) in [6, 6.07) is 0. The molecule has 1 fully saturated rings. The fourth-order valence-electron chi connectivity index (χ4n) is 2.15. The first-order chi connectivity index (χ1) is 8.04. The molecule has 1 saturated heterocycles. The van der Waals surface area contributed by atoms with E-state index in [9.17, 15) is 18.9 Å². The van der Waals surface area contributed by atoms with Crippen molar-refractivity contribution in [3.63, 3.8) is 0 Å². The summed E-state index contributed by atoms with van der Waals surface area (Å²) < 4.78 is 31.6. The van der Waals surface area contributed by atoms with Gasteiger partial charge in [-0.05, 0) is 0 Å². The SMILES string of the molecule is O=[N+]([O-])C1(N2CCOCC2)C=C(F)C=C(F)C1. The number of ether oxygens (including phenoxy) is 1. The van der Waals surface area contributed by atoms with Gasteiger partial charge >= 0.3 is 5.66 Å². The summed E-state index contributed by atoms with van der Waals surface area (Å²) in [5, 5.41) is 11.2. The van der Waals surface area contributed by atoms with Crippen LogP contribution in [0.2, 0.25) is 0 Å². The molecule has 17 heavy (non-hydrogen) atoms. The summed E-state index contributed by atoms with van der Waals surface area (Å²) in [4.78, 5) is 12.0. The fraction of sp³-hybridized carbons (Fsp3) is 0.600. The number of rotatable bonds is 2. The second-order valence-electron chi connectivity index (χ2n) is 4.03. The standard InChI is InChI=1S/C10H12F2N2O3/c11-8-5-9(12)7-10(6-8,14(15)16)13-1-3-17-4-2-13/h5-6H,1-4,7H2. The molecule has 1 aliphatic carbocycles. The molecule has 94 valence electrons. The highest BCUT2D eigenvalue weighted by molar-refractivity contribution is 5.26. The average molecular weight is 246 g/mol. The van der Waals surface area contributed by atoms with Crippen LogP contribution in [0.4, 0.5) is 8.78 Å². The van der Waals surface area contributed by atoms with Gasteiger partial charge in [-0.1, -0.05) is 0 Å². The Labute approximate surface area is 96.5 Å². The number of morpholine rings is 1. The van der Waals surface area contributed by atoms with Gasteiger partial charge in [0.05, 0.1) is 19.6 Å². The molecule has 5 nitrogen and oxygen atoms in total. The highest BCUT2D eigenvalue weighted by Gasteiger charge is 2.50. The van der Waals surface area contributed by atoms with E-state index >= 15 is 0 Å². The largest absolute Gasteiger partial charge is 0.379 e. The van der Waals surface area contributed by atoms with Crippen molar-refractivity contribution in [2.45, 2.75) is 12.1 Å². The van der Waals surface area contributed by atoms with Gasteiger partial charge in [0.1, 0.15) is 11.7 Å². The van der Waals surface area contributed by atoms with E-state index < -0.39 is 28.7 Å². The Kier molecular flexibility index (Phi) is 3.21. The van der Waals surface area contributed by atoms with Gasteiger partial charge in [-0.15, -0.1) is 0 Å². The summed E-state index contributed by atoms with van der Waals surface area (Å²) in [5.41, 5.74) is -1.81. The molecule has 2 aliphatic rings. The first kappa shape index (κ1) is 12.1. The minimum Gasteiger partial charge on any atom is -0.379 e. The number of nitrogens with zero attached hydrogens (tertiary/aromatic N) is 2. The lowest BCUT2D eigenvalue weighted by molar-refractivity contribution is -0.588. The third-order valence-corrected chi connectivity index (χ3v) is 2.97. The van der Waals surface area contributed by atoms with Crippen molar-refractivity contribution in [2.24, 2.45) is 0 Å².